The maximum absolute atomic E-state index is 12.9. The molecule has 1 aliphatic carbocycles. The van der Waals surface area contributed by atoms with Crippen molar-refractivity contribution in [2.75, 3.05) is 13.2 Å². The monoisotopic (exact) mass is 548 g/mol. The van der Waals surface area contributed by atoms with E-state index in [1.54, 1.807) is 0 Å². The molecule has 1 aliphatic rings. The maximum Gasteiger partial charge on any atom is 0.310 e. The second-order valence-electron chi connectivity index (χ2n) is 13.1. The van der Waals surface area contributed by atoms with Gasteiger partial charge < -0.3 is 9.47 Å². The third-order valence-electron chi connectivity index (χ3n) is 8.19. The van der Waals surface area contributed by atoms with Gasteiger partial charge in [-0.2, -0.15) is 0 Å². The zero-order valence-corrected chi connectivity index (χ0v) is 26.6. The molecule has 0 spiro atoms. The Labute approximate surface area is 242 Å². The number of carbonyl (C=O) groups excluding carboxylic acids is 2. The van der Waals surface area contributed by atoms with Crippen molar-refractivity contribution in [1.29, 1.82) is 0 Å². The predicted molar refractivity (Wildman–Crippen MR) is 165 cm³/mol. The average Bonchev–Trinajstić information content (AvgIpc) is 2.89. The minimum absolute atomic E-state index is 0.219. The molecule has 0 aromatic carbocycles. The normalized spacial score (nSPS) is 17.5. The highest BCUT2D eigenvalue weighted by molar-refractivity contribution is 5.83. The summed E-state index contributed by atoms with van der Waals surface area (Å²) >= 11 is 0. The molecule has 39 heavy (non-hydrogen) atoms. The van der Waals surface area contributed by atoms with Crippen LogP contribution in [-0.2, 0) is 19.1 Å². The Bertz CT molecular complexity index is 651. The lowest BCUT2D eigenvalue weighted by Gasteiger charge is -2.27. The van der Waals surface area contributed by atoms with Gasteiger partial charge in [-0.15, -0.1) is 0 Å². The first kappa shape index (κ1) is 35.7. The second kappa shape index (κ2) is 23.4. The molecule has 0 amide bonds. The Hall–Kier alpha value is -1.32. The van der Waals surface area contributed by atoms with Crippen LogP contribution in [0.1, 0.15) is 163 Å². The molecule has 0 radical (unpaired) electrons. The number of carbonyl (C=O) groups is 2. The van der Waals surface area contributed by atoms with Crippen LogP contribution in [0.15, 0.2) is 11.6 Å². The van der Waals surface area contributed by atoms with Gasteiger partial charge in [-0.25, -0.2) is 0 Å². The van der Waals surface area contributed by atoms with Crippen LogP contribution < -0.4 is 0 Å². The van der Waals surface area contributed by atoms with Crippen LogP contribution in [0.25, 0.3) is 0 Å². The van der Waals surface area contributed by atoms with Gasteiger partial charge in [-0.3, -0.25) is 9.59 Å². The van der Waals surface area contributed by atoms with Crippen LogP contribution >= 0.6 is 0 Å². The first-order valence-corrected chi connectivity index (χ1v) is 16.8. The average molecular weight is 549 g/mol. The third-order valence-corrected chi connectivity index (χ3v) is 8.19. The molecule has 4 heteroatoms. The summed E-state index contributed by atoms with van der Waals surface area (Å²) in [6, 6.07) is 0. The lowest BCUT2D eigenvalue weighted by molar-refractivity contribution is -0.161. The smallest absolute Gasteiger partial charge is 0.310 e. The number of hydrogen-bond acceptors (Lipinski definition) is 4. The van der Waals surface area contributed by atoms with E-state index in [1.165, 1.54) is 95.5 Å². The van der Waals surface area contributed by atoms with E-state index in [1.807, 2.05) is 6.92 Å². The van der Waals surface area contributed by atoms with Crippen molar-refractivity contribution in [3.63, 3.8) is 0 Å². The molecule has 2 atom stereocenters. The minimum atomic E-state index is -0.400. The zero-order valence-electron chi connectivity index (χ0n) is 26.6. The van der Waals surface area contributed by atoms with E-state index in [4.69, 9.17) is 9.47 Å². The quantitative estimate of drug-likeness (QED) is 0.0684. The summed E-state index contributed by atoms with van der Waals surface area (Å²) in [6.45, 7) is 12.2. The Kier molecular flexibility index (Phi) is 21.4. The SMILES string of the molecule is CC1=CCC(C(=O)OCCCCCCCCCCC(C)C)C(C(=O)OCCCCCCCCCCC(C)C)C1. The van der Waals surface area contributed by atoms with Gasteiger partial charge in [0.1, 0.15) is 0 Å². The van der Waals surface area contributed by atoms with Crippen molar-refractivity contribution >= 4 is 11.9 Å². The van der Waals surface area contributed by atoms with Gasteiger partial charge in [0.2, 0.25) is 0 Å². The van der Waals surface area contributed by atoms with Gasteiger partial charge in [-0.05, 0) is 44.4 Å². The predicted octanol–water partition coefficient (Wildman–Crippen LogP) is 10.4. The fourth-order valence-corrected chi connectivity index (χ4v) is 5.56. The highest BCUT2D eigenvalue weighted by Gasteiger charge is 2.37. The Morgan fingerprint density at radius 1 is 0.615 bits per heavy atom. The summed E-state index contributed by atoms with van der Waals surface area (Å²) in [5, 5.41) is 0. The lowest BCUT2D eigenvalue weighted by atomic mass is 9.80. The number of ether oxygens (including phenoxy) is 2. The summed E-state index contributed by atoms with van der Waals surface area (Å²) in [5.74, 6) is 0.399. The molecule has 2 unspecified atom stereocenters. The molecule has 0 aromatic heterocycles. The van der Waals surface area contributed by atoms with Crippen molar-refractivity contribution in [2.24, 2.45) is 23.7 Å². The molecular formula is C35H64O4. The molecule has 0 saturated heterocycles. The molecule has 1 rings (SSSR count). The van der Waals surface area contributed by atoms with Crippen LogP contribution in [0.4, 0.5) is 0 Å². The highest BCUT2D eigenvalue weighted by atomic mass is 16.5. The fourth-order valence-electron chi connectivity index (χ4n) is 5.56. The summed E-state index contributed by atoms with van der Waals surface area (Å²) in [7, 11) is 0. The van der Waals surface area contributed by atoms with Crippen molar-refractivity contribution in [3.05, 3.63) is 11.6 Å². The summed E-state index contributed by atoms with van der Waals surface area (Å²) in [5.41, 5.74) is 1.17. The van der Waals surface area contributed by atoms with E-state index in [0.29, 0.717) is 26.1 Å². The first-order chi connectivity index (χ1) is 18.8. The van der Waals surface area contributed by atoms with E-state index < -0.39 is 11.8 Å². The summed E-state index contributed by atoms with van der Waals surface area (Å²) in [4.78, 5) is 25.7. The lowest BCUT2D eigenvalue weighted by Crippen LogP contribution is -2.34. The Morgan fingerprint density at radius 3 is 1.38 bits per heavy atom. The molecule has 0 heterocycles. The molecule has 0 saturated carbocycles. The first-order valence-electron chi connectivity index (χ1n) is 16.8. The fraction of sp³-hybridized carbons (Fsp3) is 0.886. The molecule has 228 valence electrons. The van der Waals surface area contributed by atoms with Gasteiger partial charge in [0, 0.05) is 0 Å². The Morgan fingerprint density at radius 2 is 0.974 bits per heavy atom. The van der Waals surface area contributed by atoms with Crippen LogP contribution in [0.3, 0.4) is 0 Å². The van der Waals surface area contributed by atoms with Crippen molar-refractivity contribution in [3.8, 4) is 0 Å². The van der Waals surface area contributed by atoms with Gasteiger partial charge >= 0.3 is 11.9 Å². The highest BCUT2D eigenvalue weighted by Crippen LogP contribution is 2.32. The van der Waals surface area contributed by atoms with E-state index in [0.717, 1.165) is 37.5 Å². The third kappa shape index (κ3) is 19.4. The van der Waals surface area contributed by atoms with E-state index >= 15 is 0 Å². The minimum Gasteiger partial charge on any atom is -0.465 e. The largest absolute Gasteiger partial charge is 0.465 e. The second-order valence-corrected chi connectivity index (χ2v) is 13.1. The molecule has 0 fully saturated rings. The van der Waals surface area contributed by atoms with Crippen LogP contribution in [0.5, 0.6) is 0 Å². The van der Waals surface area contributed by atoms with E-state index in [9.17, 15) is 9.59 Å². The van der Waals surface area contributed by atoms with Crippen molar-refractivity contribution < 1.29 is 19.1 Å². The number of allylic oxidation sites excluding steroid dienone is 2. The van der Waals surface area contributed by atoms with Gasteiger partial charge in [-0.1, -0.05) is 142 Å². The molecule has 0 N–H and O–H groups in total. The molecule has 4 nitrogen and oxygen atoms in total. The van der Waals surface area contributed by atoms with Crippen LogP contribution in [0, 0.1) is 23.7 Å². The molecule has 0 bridgehead atoms. The van der Waals surface area contributed by atoms with Crippen LogP contribution in [-0.4, -0.2) is 25.2 Å². The zero-order chi connectivity index (χ0) is 28.7. The van der Waals surface area contributed by atoms with Gasteiger partial charge in [0.05, 0.1) is 25.0 Å². The molecular weight excluding hydrogens is 484 g/mol. The van der Waals surface area contributed by atoms with Crippen LogP contribution in [0.2, 0.25) is 0 Å². The van der Waals surface area contributed by atoms with Crippen molar-refractivity contribution in [2.45, 2.75) is 163 Å². The number of rotatable bonds is 24. The number of unbranched alkanes of at least 4 members (excludes halogenated alkanes) is 14. The number of esters is 2. The maximum atomic E-state index is 12.9. The number of hydrogen-bond donors (Lipinski definition) is 0. The van der Waals surface area contributed by atoms with E-state index in [2.05, 4.69) is 33.8 Å². The summed E-state index contributed by atoms with van der Waals surface area (Å²) in [6.07, 6.45) is 25.7. The standard InChI is InChI=1S/C35H64O4/c1-29(2)22-18-14-10-6-8-12-16-20-26-38-34(36)32-25-24-31(5)28-33(32)35(37)39-27-21-17-13-9-7-11-15-19-23-30(3)4/h24,29-30,32-33H,6-23,25-28H2,1-5H3. The molecule has 0 aliphatic heterocycles. The van der Waals surface area contributed by atoms with Crippen molar-refractivity contribution in [1.82, 2.24) is 0 Å². The van der Waals surface area contributed by atoms with E-state index in [-0.39, 0.29) is 11.9 Å². The van der Waals surface area contributed by atoms with Gasteiger partial charge in [0.15, 0.2) is 0 Å². The molecule has 0 aromatic rings. The summed E-state index contributed by atoms with van der Waals surface area (Å²) < 4.78 is 11.3. The Balaban J connectivity index is 2.14. The van der Waals surface area contributed by atoms with Gasteiger partial charge in [0.25, 0.3) is 0 Å². The topological polar surface area (TPSA) is 52.6 Å².